The quantitative estimate of drug-likeness (QED) is 0.544. The first-order valence-corrected chi connectivity index (χ1v) is 6.31. The van der Waals surface area contributed by atoms with Gasteiger partial charge in [-0.05, 0) is 24.6 Å². The third kappa shape index (κ3) is 3.27. The molecule has 15 heavy (non-hydrogen) atoms. The van der Waals surface area contributed by atoms with Crippen LogP contribution in [0.5, 0.6) is 0 Å². The van der Waals surface area contributed by atoms with E-state index in [1.807, 2.05) is 0 Å². The second-order valence-electron chi connectivity index (χ2n) is 2.81. The van der Waals surface area contributed by atoms with E-state index in [1.165, 1.54) is 19.1 Å². The molecule has 0 bridgehead atoms. The monoisotopic (exact) mass is 251 g/mol. The number of anilines is 1. The number of rotatable bonds is 3. The zero-order chi connectivity index (χ0) is 11.6. The van der Waals surface area contributed by atoms with Crippen LogP contribution >= 0.6 is 0 Å². The number of benzene rings is 1. The molecule has 0 aliphatic carbocycles. The molecule has 0 aromatic heterocycles. The van der Waals surface area contributed by atoms with Gasteiger partial charge in [0.05, 0.1) is 4.90 Å². The summed E-state index contributed by atoms with van der Waals surface area (Å²) in [6.45, 7) is 1.50. The van der Waals surface area contributed by atoms with E-state index in [4.69, 9.17) is 9.11 Å². The van der Waals surface area contributed by atoms with Crippen LogP contribution in [0.2, 0.25) is 0 Å². The summed E-state index contributed by atoms with van der Waals surface area (Å²) in [5.74, 6) is 0. The smallest absolute Gasteiger partial charge is 0.289 e. The van der Waals surface area contributed by atoms with E-state index in [0.29, 0.717) is 5.56 Å². The van der Waals surface area contributed by atoms with Crippen LogP contribution in [0.15, 0.2) is 23.1 Å². The Bertz CT molecular complexity index is 496. The van der Waals surface area contributed by atoms with Crippen LogP contribution in [0.1, 0.15) is 5.56 Å². The van der Waals surface area contributed by atoms with Gasteiger partial charge in [-0.15, -0.1) is 0 Å². The molecule has 0 saturated carbocycles. The van der Waals surface area contributed by atoms with Crippen molar-refractivity contribution < 1.29 is 21.7 Å². The molecule has 1 aromatic carbocycles. The van der Waals surface area contributed by atoms with Gasteiger partial charge < -0.3 is 0 Å². The molecule has 1 rings (SSSR count). The van der Waals surface area contributed by atoms with Crippen LogP contribution in [0.3, 0.4) is 0 Å². The first-order valence-electron chi connectivity index (χ1n) is 3.76. The Labute approximate surface area is 89.5 Å². The molecule has 0 spiro atoms. The fourth-order valence-electron chi connectivity index (χ4n) is 1.04. The van der Waals surface area contributed by atoms with E-state index in [0.717, 1.165) is 6.07 Å². The van der Waals surface area contributed by atoms with Gasteiger partial charge in [-0.1, -0.05) is 6.07 Å². The average molecular weight is 251 g/mol. The third-order valence-corrected chi connectivity index (χ3v) is 3.08. The van der Waals surface area contributed by atoms with E-state index in [1.54, 1.807) is 0 Å². The summed E-state index contributed by atoms with van der Waals surface area (Å²) in [5, 5.41) is 0. The van der Waals surface area contributed by atoms with Gasteiger partial charge in [0.1, 0.15) is 0 Å². The molecule has 0 fully saturated rings. The summed E-state index contributed by atoms with van der Waals surface area (Å²) < 4.78 is 51.6. The van der Waals surface area contributed by atoms with Gasteiger partial charge in [0, 0.05) is 5.69 Å². The molecule has 1 aromatic rings. The highest BCUT2D eigenvalue weighted by Gasteiger charge is 2.13. The Morgan fingerprint density at radius 3 is 2.47 bits per heavy atom. The van der Waals surface area contributed by atoms with Crippen molar-refractivity contribution >= 4 is 27.1 Å². The standard InChI is InChI=1S/C7H9NO5S2/c1-5-2-3-6(8-14(9)10)4-7(5)15(11,12)13/h2-4,8H,1H3,(H,9,10)(H,11,12,13). The zero-order valence-electron chi connectivity index (χ0n) is 7.67. The molecule has 1 atom stereocenters. The Morgan fingerprint density at radius 1 is 1.40 bits per heavy atom. The Morgan fingerprint density at radius 2 is 2.00 bits per heavy atom. The lowest BCUT2D eigenvalue weighted by atomic mass is 10.2. The van der Waals surface area contributed by atoms with Crippen LogP contribution in [-0.4, -0.2) is 21.7 Å². The van der Waals surface area contributed by atoms with Crippen molar-refractivity contribution in [3.05, 3.63) is 23.8 Å². The largest absolute Gasteiger partial charge is 0.294 e. The fraction of sp³-hybridized carbons (Fsp3) is 0.143. The molecule has 6 nitrogen and oxygen atoms in total. The van der Waals surface area contributed by atoms with Gasteiger partial charge in [0.25, 0.3) is 21.4 Å². The highest BCUT2D eigenvalue weighted by molar-refractivity contribution is 7.86. The average Bonchev–Trinajstić information content (AvgIpc) is 2.05. The van der Waals surface area contributed by atoms with Gasteiger partial charge in [0.2, 0.25) is 0 Å². The first kappa shape index (κ1) is 12.1. The van der Waals surface area contributed by atoms with Crippen molar-refractivity contribution in [2.75, 3.05) is 4.72 Å². The van der Waals surface area contributed by atoms with E-state index in [9.17, 15) is 12.6 Å². The van der Waals surface area contributed by atoms with Crippen molar-refractivity contribution in [2.45, 2.75) is 11.8 Å². The van der Waals surface area contributed by atoms with Gasteiger partial charge in [-0.3, -0.25) is 13.8 Å². The summed E-state index contributed by atoms with van der Waals surface area (Å²) in [5.41, 5.74) is 0.487. The van der Waals surface area contributed by atoms with E-state index < -0.39 is 21.4 Å². The molecule has 0 aliphatic rings. The molecule has 1 unspecified atom stereocenters. The minimum atomic E-state index is -4.31. The van der Waals surface area contributed by atoms with Gasteiger partial charge >= 0.3 is 0 Å². The van der Waals surface area contributed by atoms with Gasteiger partial charge in [-0.25, -0.2) is 4.21 Å². The lowest BCUT2D eigenvalue weighted by molar-refractivity contribution is 0.482. The Balaban J connectivity index is 3.23. The molecule has 0 aliphatic heterocycles. The minimum absolute atomic E-state index is 0.133. The molecule has 3 N–H and O–H groups in total. The van der Waals surface area contributed by atoms with Crippen molar-refractivity contribution in [3.8, 4) is 0 Å². The maximum absolute atomic E-state index is 10.9. The lowest BCUT2D eigenvalue weighted by Gasteiger charge is -2.05. The number of hydrogen-bond donors (Lipinski definition) is 3. The molecule has 84 valence electrons. The first-order chi connectivity index (χ1) is 6.80. The molecular weight excluding hydrogens is 242 g/mol. The van der Waals surface area contributed by atoms with Crippen molar-refractivity contribution in [2.24, 2.45) is 0 Å². The lowest BCUT2D eigenvalue weighted by Crippen LogP contribution is -2.05. The van der Waals surface area contributed by atoms with Crippen LogP contribution in [0.4, 0.5) is 5.69 Å². The van der Waals surface area contributed by atoms with Crippen LogP contribution in [-0.2, 0) is 21.4 Å². The number of hydrogen-bond acceptors (Lipinski definition) is 3. The van der Waals surface area contributed by atoms with E-state index in [-0.39, 0.29) is 10.6 Å². The normalized spacial score (nSPS) is 13.5. The second kappa shape index (κ2) is 4.27. The summed E-state index contributed by atoms with van der Waals surface area (Å²) in [6.07, 6.45) is 0. The number of aryl methyl sites for hydroxylation is 1. The zero-order valence-corrected chi connectivity index (χ0v) is 9.30. The second-order valence-corrected chi connectivity index (χ2v) is 4.90. The highest BCUT2D eigenvalue weighted by Crippen LogP contribution is 2.19. The predicted molar refractivity (Wildman–Crippen MR) is 55.4 cm³/mol. The van der Waals surface area contributed by atoms with Crippen molar-refractivity contribution in [1.82, 2.24) is 0 Å². The summed E-state index contributed by atoms with van der Waals surface area (Å²) >= 11 is -2.28. The van der Waals surface area contributed by atoms with Crippen LogP contribution in [0, 0.1) is 6.92 Å². The van der Waals surface area contributed by atoms with Gasteiger partial charge in [0.15, 0.2) is 0 Å². The molecule has 0 radical (unpaired) electrons. The van der Waals surface area contributed by atoms with Crippen LogP contribution < -0.4 is 4.72 Å². The van der Waals surface area contributed by atoms with E-state index in [2.05, 4.69) is 4.72 Å². The maximum atomic E-state index is 10.9. The van der Waals surface area contributed by atoms with Gasteiger partial charge in [-0.2, -0.15) is 8.42 Å². The molecule has 0 saturated heterocycles. The Hall–Kier alpha value is -0.960. The highest BCUT2D eigenvalue weighted by atomic mass is 32.2. The van der Waals surface area contributed by atoms with Crippen LogP contribution in [0.25, 0.3) is 0 Å². The topological polar surface area (TPSA) is 104 Å². The van der Waals surface area contributed by atoms with Crippen molar-refractivity contribution in [3.63, 3.8) is 0 Å². The number of nitrogens with one attached hydrogen (secondary N) is 1. The fourth-order valence-corrected chi connectivity index (χ4v) is 2.12. The summed E-state index contributed by atoms with van der Waals surface area (Å²) in [7, 11) is -4.31. The predicted octanol–water partition coefficient (Wildman–Crippen LogP) is 0.790. The molecule has 8 heteroatoms. The van der Waals surface area contributed by atoms with Crippen molar-refractivity contribution in [1.29, 1.82) is 0 Å². The third-order valence-electron chi connectivity index (χ3n) is 1.67. The minimum Gasteiger partial charge on any atom is -0.289 e. The Kier molecular flexibility index (Phi) is 3.45. The molecule has 0 heterocycles. The molecule has 0 amide bonds. The maximum Gasteiger partial charge on any atom is 0.294 e. The summed E-state index contributed by atoms with van der Waals surface area (Å²) in [4.78, 5) is -0.294. The summed E-state index contributed by atoms with van der Waals surface area (Å²) in [6, 6.07) is 3.93. The van der Waals surface area contributed by atoms with E-state index >= 15 is 0 Å². The SMILES string of the molecule is Cc1ccc(NS(=O)O)cc1S(=O)(=O)O. The molecular formula is C7H9NO5S2.